The summed E-state index contributed by atoms with van der Waals surface area (Å²) in [4.78, 5) is 11.7. The van der Waals surface area contributed by atoms with E-state index in [-0.39, 0.29) is 0 Å². The van der Waals surface area contributed by atoms with Crippen LogP contribution in [-0.4, -0.2) is 29.6 Å². The Morgan fingerprint density at radius 1 is 1.15 bits per heavy atom. The number of nitrogens with one attached hydrogen (secondary N) is 1. The minimum absolute atomic E-state index is 0.459. The molecule has 4 nitrogen and oxygen atoms in total. The largest absolute Gasteiger partial charge is 0.373 e. The topological polar surface area (TPSA) is 41.0 Å². The highest BCUT2D eigenvalue weighted by atomic mass is 15.2. The third kappa shape index (κ3) is 4.99. The van der Waals surface area contributed by atoms with Gasteiger partial charge in [0.15, 0.2) is 0 Å². The van der Waals surface area contributed by atoms with E-state index in [0.29, 0.717) is 6.04 Å². The first-order valence-corrected chi connectivity index (χ1v) is 7.94. The van der Waals surface area contributed by atoms with Gasteiger partial charge in [-0.15, -0.1) is 0 Å². The van der Waals surface area contributed by atoms with E-state index < -0.39 is 0 Å². The van der Waals surface area contributed by atoms with Gasteiger partial charge in [-0.3, -0.25) is 0 Å². The SMILES string of the molecule is CCCCCN(c1cc(NC)nc(CCC)n1)C(C)C. The van der Waals surface area contributed by atoms with Crippen LogP contribution >= 0.6 is 0 Å². The van der Waals surface area contributed by atoms with Gasteiger partial charge in [-0.25, -0.2) is 9.97 Å². The lowest BCUT2D eigenvalue weighted by molar-refractivity contribution is 0.617. The molecule has 0 radical (unpaired) electrons. The van der Waals surface area contributed by atoms with Crippen LogP contribution in [0.2, 0.25) is 0 Å². The molecular weight excluding hydrogens is 248 g/mol. The molecule has 0 bridgehead atoms. The van der Waals surface area contributed by atoms with Crippen LogP contribution in [0.3, 0.4) is 0 Å². The molecule has 114 valence electrons. The maximum Gasteiger partial charge on any atom is 0.134 e. The molecule has 0 aliphatic rings. The lowest BCUT2D eigenvalue weighted by Gasteiger charge is -2.28. The number of rotatable bonds is 9. The van der Waals surface area contributed by atoms with Crippen LogP contribution in [0.15, 0.2) is 6.07 Å². The highest BCUT2D eigenvalue weighted by Gasteiger charge is 2.14. The summed E-state index contributed by atoms with van der Waals surface area (Å²) >= 11 is 0. The number of aryl methyl sites for hydroxylation is 1. The summed E-state index contributed by atoms with van der Waals surface area (Å²) in [6, 6.07) is 2.52. The van der Waals surface area contributed by atoms with Gasteiger partial charge in [-0.1, -0.05) is 26.7 Å². The maximum atomic E-state index is 4.75. The van der Waals surface area contributed by atoms with Crippen LogP contribution in [0.4, 0.5) is 11.6 Å². The summed E-state index contributed by atoms with van der Waals surface area (Å²) in [6.07, 6.45) is 5.75. The van der Waals surface area contributed by atoms with Crippen LogP contribution in [-0.2, 0) is 6.42 Å². The fourth-order valence-electron chi connectivity index (χ4n) is 2.26. The van der Waals surface area contributed by atoms with Gasteiger partial charge in [-0.2, -0.15) is 0 Å². The molecule has 0 aliphatic carbocycles. The van der Waals surface area contributed by atoms with Crippen molar-refractivity contribution in [2.45, 2.75) is 65.8 Å². The number of hydrogen-bond donors (Lipinski definition) is 1. The Bertz CT molecular complexity index is 390. The molecule has 0 saturated heterocycles. The first-order valence-electron chi connectivity index (χ1n) is 7.94. The Kier molecular flexibility index (Phi) is 7.34. The Balaban J connectivity index is 2.95. The summed E-state index contributed by atoms with van der Waals surface area (Å²) < 4.78 is 0. The van der Waals surface area contributed by atoms with E-state index in [9.17, 15) is 0 Å². The summed E-state index contributed by atoms with van der Waals surface area (Å²) in [5.41, 5.74) is 0. The number of nitrogens with zero attached hydrogens (tertiary/aromatic N) is 3. The van der Waals surface area contributed by atoms with Gasteiger partial charge in [0.05, 0.1) is 0 Å². The summed E-state index contributed by atoms with van der Waals surface area (Å²) in [6.45, 7) is 9.93. The smallest absolute Gasteiger partial charge is 0.134 e. The third-order valence-electron chi connectivity index (χ3n) is 3.41. The highest BCUT2D eigenvalue weighted by Crippen LogP contribution is 2.19. The van der Waals surface area contributed by atoms with Gasteiger partial charge in [0.1, 0.15) is 17.5 Å². The quantitative estimate of drug-likeness (QED) is 0.696. The molecule has 0 aliphatic heterocycles. The molecule has 0 atom stereocenters. The highest BCUT2D eigenvalue weighted by molar-refractivity contribution is 5.49. The summed E-state index contributed by atoms with van der Waals surface area (Å²) in [5.74, 6) is 2.91. The van der Waals surface area contributed by atoms with Crippen molar-refractivity contribution in [3.8, 4) is 0 Å². The van der Waals surface area contributed by atoms with Gasteiger partial charge in [-0.05, 0) is 26.7 Å². The van der Waals surface area contributed by atoms with Crippen molar-refractivity contribution in [1.82, 2.24) is 9.97 Å². The summed E-state index contributed by atoms with van der Waals surface area (Å²) in [7, 11) is 1.92. The van der Waals surface area contributed by atoms with Crippen molar-refractivity contribution in [3.63, 3.8) is 0 Å². The average Bonchev–Trinajstić information content (AvgIpc) is 2.43. The molecule has 0 unspecified atom stereocenters. The van der Waals surface area contributed by atoms with Crippen LogP contribution in [0, 0.1) is 0 Å². The molecule has 1 N–H and O–H groups in total. The second-order valence-electron chi connectivity index (χ2n) is 5.52. The molecule has 0 fully saturated rings. The van der Waals surface area contributed by atoms with Gasteiger partial charge in [0.2, 0.25) is 0 Å². The molecule has 0 amide bonds. The van der Waals surface area contributed by atoms with Crippen LogP contribution < -0.4 is 10.2 Å². The van der Waals surface area contributed by atoms with E-state index in [1.165, 1.54) is 19.3 Å². The van der Waals surface area contributed by atoms with Crippen molar-refractivity contribution in [2.24, 2.45) is 0 Å². The lowest BCUT2D eigenvalue weighted by atomic mass is 10.2. The average molecular weight is 278 g/mol. The minimum Gasteiger partial charge on any atom is -0.373 e. The van der Waals surface area contributed by atoms with E-state index >= 15 is 0 Å². The maximum absolute atomic E-state index is 4.75. The number of unbranched alkanes of at least 4 members (excludes halogenated alkanes) is 2. The Morgan fingerprint density at radius 3 is 2.45 bits per heavy atom. The van der Waals surface area contributed by atoms with E-state index in [1.807, 2.05) is 7.05 Å². The van der Waals surface area contributed by atoms with E-state index in [1.54, 1.807) is 0 Å². The van der Waals surface area contributed by atoms with Gasteiger partial charge in [0, 0.05) is 32.1 Å². The molecule has 4 heteroatoms. The zero-order valence-corrected chi connectivity index (χ0v) is 13.7. The molecule has 1 aromatic heterocycles. The van der Waals surface area contributed by atoms with Crippen molar-refractivity contribution >= 4 is 11.6 Å². The standard InChI is InChI=1S/C16H30N4/c1-6-8-9-11-20(13(3)4)16-12-15(17-5)18-14(19-16)10-7-2/h12-13H,6-11H2,1-5H3,(H,17,18,19). The van der Waals surface area contributed by atoms with Crippen molar-refractivity contribution in [3.05, 3.63) is 11.9 Å². The van der Waals surface area contributed by atoms with Crippen LogP contribution in [0.25, 0.3) is 0 Å². The second-order valence-corrected chi connectivity index (χ2v) is 5.52. The number of hydrogen-bond acceptors (Lipinski definition) is 4. The van der Waals surface area contributed by atoms with Crippen molar-refractivity contribution in [2.75, 3.05) is 23.8 Å². The molecule has 20 heavy (non-hydrogen) atoms. The third-order valence-corrected chi connectivity index (χ3v) is 3.41. The number of anilines is 2. The normalized spacial score (nSPS) is 10.9. The first kappa shape index (κ1) is 16.7. The van der Waals surface area contributed by atoms with Crippen molar-refractivity contribution in [1.29, 1.82) is 0 Å². The second kappa shape index (κ2) is 8.77. The molecule has 0 spiro atoms. The molecule has 0 saturated carbocycles. The first-order chi connectivity index (χ1) is 9.62. The van der Waals surface area contributed by atoms with Gasteiger partial charge < -0.3 is 10.2 Å². The van der Waals surface area contributed by atoms with Crippen LogP contribution in [0.5, 0.6) is 0 Å². The molecule has 1 rings (SSSR count). The van der Waals surface area contributed by atoms with Crippen molar-refractivity contribution < 1.29 is 0 Å². The van der Waals surface area contributed by atoms with E-state index in [2.05, 4.69) is 49.0 Å². The monoisotopic (exact) mass is 278 g/mol. The Hall–Kier alpha value is -1.32. The zero-order chi connectivity index (χ0) is 15.0. The molecule has 1 aromatic rings. The van der Waals surface area contributed by atoms with E-state index in [4.69, 9.17) is 4.98 Å². The Labute approximate surface area is 124 Å². The van der Waals surface area contributed by atoms with Crippen LogP contribution in [0.1, 0.15) is 59.2 Å². The molecular formula is C16H30N4. The van der Waals surface area contributed by atoms with E-state index in [0.717, 1.165) is 36.8 Å². The molecule has 0 aromatic carbocycles. The lowest BCUT2D eigenvalue weighted by Crippen LogP contribution is -2.33. The number of aromatic nitrogens is 2. The zero-order valence-electron chi connectivity index (χ0n) is 13.7. The predicted molar refractivity (Wildman–Crippen MR) is 87.6 cm³/mol. The molecule has 1 heterocycles. The summed E-state index contributed by atoms with van der Waals surface area (Å²) in [5, 5.41) is 3.15. The fraction of sp³-hybridized carbons (Fsp3) is 0.750. The van der Waals surface area contributed by atoms with Gasteiger partial charge >= 0.3 is 0 Å². The Morgan fingerprint density at radius 2 is 1.90 bits per heavy atom. The predicted octanol–water partition coefficient (Wildman–Crippen LogP) is 3.88. The minimum atomic E-state index is 0.459. The fourth-order valence-corrected chi connectivity index (χ4v) is 2.26. The van der Waals surface area contributed by atoms with Gasteiger partial charge in [0.25, 0.3) is 0 Å².